The summed E-state index contributed by atoms with van der Waals surface area (Å²) >= 11 is 0. The molecule has 0 aliphatic rings. The second-order valence-corrected chi connectivity index (χ2v) is 4.53. The molecule has 0 radical (unpaired) electrons. The zero-order chi connectivity index (χ0) is 14.3. The Labute approximate surface area is 112 Å². The number of amides is 2. The molecule has 0 spiro atoms. The number of nitrogens with one attached hydrogen (secondary N) is 2. The third-order valence-corrected chi connectivity index (χ3v) is 2.95. The van der Waals surface area contributed by atoms with Crippen LogP contribution in [0.2, 0.25) is 0 Å². The molecule has 1 aromatic heterocycles. The Bertz CT molecular complexity index is 403. The van der Waals surface area contributed by atoms with Gasteiger partial charge in [0.25, 0.3) is 5.91 Å². The Hall–Kier alpha value is -1.82. The molecule has 3 N–H and O–H groups in total. The molecule has 6 nitrogen and oxygen atoms in total. The van der Waals surface area contributed by atoms with Gasteiger partial charge in [0, 0.05) is 25.6 Å². The van der Waals surface area contributed by atoms with E-state index in [4.69, 9.17) is 9.52 Å². The minimum Gasteiger partial charge on any atom is -0.472 e. The number of hydrogen-bond acceptors (Lipinski definition) is 4. The van der Waals surface area contributed by atoms with Crippen molar-refractivity contribution in [2.24, 2.45) is 5.92 Å². The smallest absolute Gasteiger partial charge is 0.254 e. The first-order valence-corrected chi connectivity index (χ1v) is 6.25. The highest BCUT2D eigenvalue weighted by molar-refractivity contribution is 5.94. The number of rotatable bonds is 7. The third kappa shape index (κ3) is 5.13. The van der Waals surface area contributed by atoms with E-state index in [0.717, 1.165) is 0 Å². The van der Waals surface area contributed by atoms with E-state index in [2.05, 4.69) is 10.6 Å². The van der Waals surface area contributed by atoms with E-state index in [0.29, 0.717) is 5.56 Å². The van der Waals surface area contributed by atoms with Gasteiger partial charge in [0.2, 0.25) is 5.91 Å². The predicted molar refractivity (Wildman–Crippen MR) is 69.5 cm³/mol. The largest absolute Gasteiger partial charge is 0.472 e. The molecular weight excluding hydrogens is 248 g/mol. The van der Waals surface area contributed by atoms with Crippen LogP contribution in [0.5, 0.6) is 0 Å². The second kappa shape index (κ2) is 7.58. The van der Waals surface area contributed by atoms with Crippen molar-refractivity contribution in [3.8, 4) is 0 Å². The Kier molecular flexibility index (Phi) is 6.08. The van der Waals surface area contributed by atoms with Gasteiger partial charge in [0.1, 0.15) is 6.26 Å². The summed E-state index contributed by atoms with van der Waals surface area (Å²) in [5, 5.41) is 14.3. The van der Waals surface area contributed by atoms with Crippen LogP contribution >= 0.6 is 0 Å². The monoisotopic (exact) mass is 268 g/mol. The second-order valence-electron chi connectivity index (χ2n) is 4.53. The number of hydrogen-bond donors (Lipinski definition) is 3. The summed E-state index contributed by atoms with van der Waals surface area (Å²) in [7, 11) is 0. The maximum absolute atomic E-state index is 11.6. The lowest BCUT2D eigenvalue weighted by Crippen LogP contribution is -2.39. The van der Waals surface area contributed by atoms with Crippen LogP contribution in [0.25, 0.3) is 0 Å². The number of carbonyl (C=O) groups excluding carboxylic acids is 2. The van der Waals surface area contributed by atoms with Crippen LogP contribution in [0.15, 0.2) is 23.0 Å². The van der Waals surface area contributed by atoms with Crippen molar-refractivity contribution in [1.82, 2.24) is 10.6 Å². The molecule has 0 bridgehead atoms. The van der Waals surface area contributed by atoms with Crippen molar-refractivity contribution >= 4 is 11.8 Å². The Morgan fingerprint density at radius 1 is 1.42 bits per heavy atom. The molecule has 0 aliphatic heterocycles. The number of furan rings is 1. The fourth-order valence-electron chi connectivity index (χ4n) is 1.41. The van der Waals surface area contributed by atoms with Crippen LogP contribution in [0.1, 0.15) is 30.6 Å². The Morgan fingerprint density at radius 2 is 2.16 bits per heavy atom. The van der Waals surface area contributed by atoms with Crippen molar-refractivity contribution in [1.29, 1.82) is 0 Å². The predicted octanol–water partition coefficient (Wildman–Crippen LogP) is 0.533. The average molecular weight is 268 g/mol. The first kappa shape index (κ1) is 15.2. The lowest BCUT2D eigenvalue weighted by Gasteiger charge is -2.19. The third-order valence-electron chi connectivity index (χ3n) is 2.95. The SMILES string of the molecule is CC(CO)C(C)NC(=O)CCNC(=O)c1ccoc1. The quantitative estimate of drug-likeness (QED) is 0.672. The van der Waals surface area contributed by atoms with Gasteiger partial charge in [0.05, 0.1) is 11.8 Å². The van der Waals surface area contributed by atoms with Crippen LogP contribution in [0.4, 0.5) is 0 Å². The van der Waals surface area contributed by atoms with E-state index in [1.165, 1.54) is 12.5 Å². The molecule has 2 atom stereocenters. The fraction of sp³-hybridized carbons (Fsp3) is 0.538. The van der Waals surface area contributed by atoms with Crippen LogP contribution in [0, 0.1) is 5.92 Å². The van der Waals surface area contributed by atoms with Crippen molar-refractivity contribution in [3.05, 3.63) is 24.2 Å². The molecule has 0 aromatic carbocycles. The summed E-state index contributed by atoms with van der Waals surface area (Å²) in [4.78, 5) is 23.1. The minimum absolute atomic E-state index is 0.00414. The first-order chi connectivity index (χ1) is 9.04. The standard InChI is InChI=1S/C13H20N2O4/c1-9(7-16)10(2)15-12(17)3-5-14-13(18)11-4-6-19-8-11/h4,6,8-10,16H,3,5,7H2,1-2H3,(H,14,18)(H,15,17). The molecule has 0 saturated carbocycles. The zero-order valence-corrected chi connectivity index (χ0v) is 11.2. The lowest BCUT2D eigenvalue weighted by molar-refractivity contribution is -0.121. The van der Waals surface area contributed by atoms with Gasteiger partial charge >= 0.3 is 0 Å². The zero-order valence-electron chi connectivity index (χ0n) is 11.2. The highest BCUT2D eigenvalue weighted by Gasteiger charge is 2.14. The summed E-state index contributed by atoms with van der Waals surface area (Å²) < 4.78 is 4.79. The van der Waals surface area contributed by atoms with E-state index < -0.39 is 0 Å². The van der Waals surface area contributed by atoms with Crippen LogP contribution < -0.4 is 10.6 Å². The van der Waals surface area contributed by atoms with Gasteiger partial charge in [-0.25, -0.2) is 0 Å². The van der Waals surface area contributed by atoms with Crippen LogP contribution in [-0.2, 0) is 4.79 Å². The highest BCUT2D eigenvalue weighted by atomic mass is 16.3. The van der Waals surface area contributed by atoms with Crippen LogP contribution in [0.3, 0.4) is 0 Å². The molecule has 19 heavy (non-hydrogen) atoms. The number of aliphatic hydroxyl groups is 1. The van der Waals surface area contributed by atoms with Gasteiger partial charge in [-0.1, -0.05) is 6.92 Å². The average Bonchev–Trinajstić information content (AvgIpc) is 2.91. The summed E-state index contributed by atoms with van der Waals surface area (Å²) in [6, 6.07) is 1.46. The topological polar surface area (TPSA) is 91.6 Å². The van der Waals surface area contributed by atoms with Crippen molar-refractivity contribution < 1.29 is 19.1 Å². The van der Waals surface area contributed by atoms with Gasteiger partial charge in [-0.2, -0.15) is 0 Å². The number of carbonyl (C=O) groups is 2. The molecular formula is C13H20N2O4. The van der Waals surface area contributed by atoms with Crippen molar-refractivity contribution in [2.45, 2.75) is 26.3 Å². The lowest BCUT2D eigenvalue weighted by atomic mass is 10.1. The molecule has 2 amide bonds. The molecule has 1 aromatic rings. The summed E-state index contributed by atoms with van der Waals surface area (Å²) in [6.07, 6.45) is 2.96. The molecule has 106 valence electrons. The first-order valence-electron chi connectivity index (χ1n) is 6.25. The van der Waals surface area contributed by atoms with Gasteiger partial charge in [-0.15, -0.1) is 0 Å². The maximum atomic E-state index is 11.6. The molecule has 0 aliphatic carbocycles. The van der Waals surface area contributed by atoms with E-state index in [9.17, 15) is 9.59 Å². The molecule has 6 heteroatoms. The van der Waals surface area contributed by atoms with E-state index in [1.807, 2.05) is 13.8 Å². The minimum atomic E-state index is -0.265. The van der Waals surface area contributed by atoms with E-state index in [1.54, 1.807) is 6.07 Å². The normalized spacial score (nSPS) is 13.6. The summed E-state index contributed by atoms with van der Waals surface area (Å²) in [5.41, 5.74) is 0.433. The maximum Gasteiger partial charge on any atom is 0.254 e. The molecule has 0 saturated heterocycles. The molecule has 2 unspecified atom stereocenters. The van der Waals surface area contributed by atoms with Crippen molar-refractivity contribution in [3.63, 3.8) is 0 Å². The fourth-order valence-corrected chi connectivity index (χ4v) is 1.41. The van der Waals surface area contributed by atoms with Gasteiger partial charge < -0.3 is 20.2 Å². The molecule has 0 fully saturated rings. The van der Waals surface area contributed by atoms with Gasteiger partial charge in [-0.05, 0) is 18.9 Å². The van der Waals surface area contributed by atoms with Gasteiger partial charge in [0.15, 0.2) is 0 Å². The van der Waals surface area contributed by atoms with Gasteiger partial charge in [-0.3, -0.25) is 9.59 Å². The number of aliphatic hydroxyl groups excluding tert-OH is 1. The molecule has 1 heterocycles. The van der Waals surface area contributed by atoms with Crippen molar-refractivity contribution in [2.75, 3.05) is 13.2 Å². The summed E-state index contributed by atoms with van der Waals surface area (Å²) in [6.45, 7) is 3.98. The van der Waals surface area contributed by atoms with E-state index in [-0.39, 0.29) is 43.3 Å². The van der Waals surface area contributed by atoms with E-state index >= 15 is 0 Å². The highest BCUT2D eigenvalue weighted by Crippen LogP contribution is 2.01. The van der Waals surface area contributed by atoms with Crippen LogP contribution in [-0.4, -0.2) is 36.1 Å². The summed E-state index contributed by atoms with van der Waals surface area (Å²) in [5.74, 6) is -0.414. The Balaban J connectivity index is 2.22. The Morgan fingerprint density at radius 3 is 2.74 bits per heavy atom. The molecule has 1 rings (SSSR count).